The van der Waals surface area contributed by atoms with E-state index in [4.69, 9.17) is 9.97 Å². The molecule has 0 fully saturated rings. The van der Waals surface area contributed by atoms with Crippen LogP contribution in [-0.4, -0.2) is 25.7 Å². The molecule has 0 saturated carbocycles. The molecule has 0 unspecified atom stereocenters. The molecule has 3 heterocycles. The Morgan fingerprint density at radius 1 is 0.946 bits per heavy atom. The molecule has 182 valence electrons. The fourth-order valence-electron chi connectivity index (χ4n) is 4.57. The van der Waals surface area contributed by atoms with Gasteiger partial charge in [0.1, 0.15) is 5.01 Å². The molecule has 3 aromatic heterocycles. The average Bonchev–Trinajstić information content (AvgIpc) is 3.51. The van der Waals surface area contributed by atoms with Crippen LogP contribution in [0.1, 0.15) is 28.5 Å². The van der Waals surface area contributed by atoms with Gasteiger partial charge in [0.15, 0.2) is 0 Å². The number of carbonyl (C=O) groups is 1. The van der Waals surface area contributed by atoms with Crippen molar-refractivity contribution >= 4 is 44.1 Å². The molecule has 1 N–H and O–H groups in total. The number of anilines is 1. The molecule has 6 nitrogen and oxygen atoms in total. The van der Waals surface area contributed by atoms with Gasteiger partial charge in [-0.15, -0.1) is 11.3 Å². The van der Waals surface area contributed by atoms with Crippen LogP contribution in [0.4, 0.5) is 5.69 Å². The van der Waals surface area contributed by atoms with E-state index in [1.807, 2.05) is 72.4 Å². The van der Waals surface area contributed by atoms with Crippen molar-refractivity contribution in [1.29, 1.82) is 0 Å². The number of aryl methyl sites for hydroxylation is 2. The zero-order chi connectivity index (χ0) is 25.5. The number of nitrogens with one attached hydrogen (secondary N) is 1. The maximum atomic E-state index is 13.5. The molecule has 3 aromatic carbocycles. The van der Waals surface area contributed by atoms with Crippen LogP contribution in [0.25, 0.3) is 42.9 Å². The minimum atomic E-state index is -0.177. The van der Waals surface area contributed by atoms with Crippen molar-refractivity contribution in [2.24, 2.45) is 0 Å². The van der Waals surface area contributed by atoms with E-state index < -0.39 is 0 Å². The summed E-state index contributed by atoms with van der Waals surface area (Å²) in [6, 6.07) is 23.7. The third kappa shape index (κ3) is 4.27. The van der Waals surface area contributed by atoms with Crippen molar-refractivity contribution in [2.75, 3.05) is 5.32 Å². The maximum Gasteiger partial charge on any atom is 0.256 e. The van der Waals surface area contributed by atoms with Gasteiger partial charge < -0.3 is 5.32 Å². The second kappa shape index (κ2) is 9.26. The summed E-state index contributed by atoms with van der Waals surface area (Å²) in [7, 11) is 0. The molecule has 0 aliphatic heterocycles. The molecule has 6 rings (SSSR count). The summed E-state index contributed by atoms with van der Waals surface area (Å²) in [6.07, 6.45) is 1.82. The van der Waals surface area contributed by atoms with E-state index >= 15 is 0 Å². The minimum absolute atomic E-state index is 0.177. The van der Waals surface area contributed by atoms with Crippen LogP contribution in [0.5, 0.6) is 0 Å². The van der Waals surface area contributed by atoms with Gasteiger partial charge in [0.2, 0.25) is 0 Å². The largest absolute Gasteiger partial charge is 0.322 e. The third-order valence-electron chi connectivity index (χ3n) is 6.57. The van der Waals surface area contributed by atoms with Crippen LogP contribution in [0.3, 0.4) is 0 Å². The number of hydrogen-bond donors (Lipinski definition) is 1. The number of rotatable bonds is 5. The lowest BCUT2D eigenvalue weighted by molar-refractivity contribution is 0.102. The number of fused-ring (bicyclic) bond motifs is 2. The first-order valence-corrected chi connectivity index (χ1v) is 13.0. The Balaban J connectivity index is 1.31. The zero-order valence-electron chi connectivity index (χ0n) is 20.8. The first kappa shape index (κ1) is 23.1. The van der Waals surface area contributed by atoms with E-state index in [-0.39, 0.29) is 5.91 Å². The summed E-state index contributed by atoms with van der Waals surface area (Å²) in [5.41, 5.74) is 8.02. The fourth-order valence-corrected chi connectivity index (χ4v) is 5.64. The standard InChI is InChI=1S/C30H25N5OS/c1-4-35-19(3)24(17-31-35)27-16-23(22-7-5-6-8-25(22)33-27)29(36)32-21-12-10-20(11-13-21)30-34-26-14-9-18(2)15-28(26)37-30/h5-17H,4H2,1-3H3,(H,32,36). The van der Waals surface area contributed by atoms with Crippen LogP contribution in [-0.2, 0) is 6.54 Å². The molecular weight excluding hydrogens is 478 g/mol. The van der Waals surface area contributed by atoms with Crippen LogP contribution >= 0.6 is 11.3 Å². The van der Waals surface area contributed by atoms with Gasteiger partial charge in [-0.25, -0.2) is 9.97 Å². The van der Waals surface area contributed by atoms with E-state index in [2.05, 4.69) is 42.5 Å². The van der Waals surface area contributed by atoms with Crippen molar-refractivity contribution in [1.82, 2.24) is 19.7 Å². The third-order valence-corrected chi connectivity index (χ3v) is 7.64. The summed E-state index contributed by atoms with van der Waals surface area (Å²) in [5, 5.41) is 9.30. The SMILES string of the molecule is CCn1ncc(-c2cc(C(=O)Nc3ccc(-c4nc5ccc(C)cc5s4)cc3)c3ccccc3n2)c1C. The lowest BCUT2D eigenvalue weighted by Gasteiger charge is -2.11. The molecule has 0 radical (unpaired) electrons. The molecule has 0 spiro atoms. The van der Waals surface area contributed by atoms with Crippen molar-refractivity contribution in [2.45, 2.75) is 27.3 Å². The molecule has 37 heavy (non-hydrogen) atoms. The van der Waals surface area contributed by atoms with Crippen molar-refractivity contribution in [3.05, 3.63) is 95.8 Å². The summed E-state index contributed by atoms with van der Waals surface area (Å²) in [5.74, 6) is -0.177. The first-order valence-electron chi connectivity index (χ1n) is 12.2. The molecule has 0 bridgehead atoms. The predicted octanol–water partition coefficient (Wildman–Crippen LogP) is 7.26. The summed E-state index contributed by atoms with van der Waals surface area (Å²) < 4.78 is 3.10. The van der Waals surface area contributed by atoms with E-state index in [0.29, 0.717) is 5.56 Å². The number of para-hydroxylation sites is 1. The molecule has 7 heteroatoms. The van der Waals surface area contributed by atoms with Crippen LogP contribution in [0.15, 0.2) is 79.0 Å². The number of pyridine rings is 1. The number of aromatic nitrogens is 4. The monoisotopic (exact) mass is 503 g/mol. The van der Waals surface area contributed by atoms with E-state index in [1.165, 1.54) is 10.3 Å². The Bertz CT molecular complexity index is 1780. The Morgan fingerprint density at radius 3 is 2.54 bits per heavy atom. The predicted molar refractivity (Wildman–Crippen MR) is 151 cm³/mol. The van der Waals surface area contributed by atoms with Crippen LogP contribution in [0.2, 0.25) is 0 Å². The van der Waals surface area contributed by atoms with Crippen molar-refractivity contribution in [3.63, 3.8) is 0 Å². The molecule has 0 aliphatic carbocycles. The molecule has 0 aliphatic rings. The van der Waals surface area contributed by atoms with E-state index in [9.17, 15) is 4.79 Å². The molecule has 0 saturated heterocycles. The summed E-state index contributed by atoms with van der Waals surface area (Å²) >= 11 is 1.67. The van der Waals surface area contributed by atoms with Gasteiger partial charge in [-0.2, -0.15) is 5.10 Å². The number of carbonyl (C=O) groups excluding carboxylic acids is 1. The lowest BCUT2D eigenvalue weighted by atomic mass is 10.0. The van der Waals surface area contributed by atoms with Gasteiger partial charge >= 0.3 is 0 Å². The number of benzene rings is 3. The summed E-state index contributed by atoms with van der Waals surface area (Å²) in [4.78, 5) is 23.1. The van der Waals surface area contributed by atoms with Crippen LogP contribution in [0, 0.1) is 13.8 Å². The van der Waals surface area contributed by atoms with Gasteiger partial charge in [0.25, 0.3) is 5.91 Å². The highest BCUT2D eigenvalue weighted by molar-refractivity contribution is 7.21. The number of thiazole rings is 1. The molecular formula is C30H25N5OS. The second-order valence-electron chi connectivity index (χ2n) is 9.05. The van der Waals surface area contributed by atoms with E-state index in [0.717, 1.165) is 56.2 Å². The van der Waals surface area contributed by atoms with Crippen molar-refractivity contribution < 1.29 is 4.79 Å². The van der Waals surface area contributed by atoms with Crippen LogP contribution < -0.4 is 5.32 Å². The van der Waals surface area contributed by atoms with Crippen molar-refractivity contribution in [3.8, 4) is 21.8 Å². The quantitative estimate of drug-likeness (QED) is 0.269. The molecule has 6 aromatic rings. The Labute approximate surface area is 218 Å². The summed E-state index contributed by atoms with van der Waals surface area (Å²) in [6.45, 7) is 6.94. The fraction of sp³-hybridized carbons (Fsp3) is 0.133. The average molecular weight is 504 g/mol. The maximum absolute atomic E-state index is 13.5. The smallest absolute Gasteiger partial charge is 0.256 e. The molecule has 1 amide bonds. The Morgan fingerprint density at radius 2 is 1.76 bits per heavy atom. The van der Waals surface area contributed by atoms with E-state index in [1.54, 1.807) is 11.3 Å². The normalized spacial score (nSPS) is 11.3. The molecule has 0 atom stereocenters. The topological polar surface area (TPSA) is 72.7 Å². The minimum Gasteiger partial charge on any atom is -0.322 e. The van der Waals surface area contributed by atoms with Gasteiger partial charge in [0.05, 0.1) is 33.2 Å². The number of nitrogens with zero attached hydrogens (tertiary/aromatic N) is 4. The lowest BCUT2D eigenvalue weighted by Crippen LogP contribution is -2.13. The number of hydrogen-bond acceptors (Lipinski definition) is 5. The van der Waals surface area contributed by atoms with Gasteiger partial charge in [0, 0.05) is 34.4 Å². The van der Waals surface area contributed by atoms with Gasteiger partial charge in [-0.3, -0.25) is 9.48 Å². The van der Waals surface area contributed by atoms with Gasteiger partial charge in [-0.1, -0.05) is 24.3 Å². The highest BCUT2D eigenvalue weighted by atomic mass is 32.1. The number of amides is 1. The van der Waals surface area contributed by atoms with Gasteiger partial charge in [-0.05, 0) is 74.9 Å². The Kier molecular flexibility index (Phi) is 5.77. The second-order valence-corrected chi connectivity index (χ2v) is 10.1. The highest BCUT2D eigenvalue weighted by Crippen LogP contribution is 2.32. The zero-order valence-corrected chi connectivity index (χ0v) is 21.6. The first-order chi connectivity index (χ1) is 18.0. The Hall–Kier alpha value is -4.36. The highest BCUT2D eigenvalue weighted by Gasteiger charge is 2.17.